The third-order valence-electron chi connectivity index (χ3n) is 3.38. The minimum atomic E-state index is -3.46. The van der Waals surface area contributed by atoms with Gasteiger partial charge >= 0.3 is 5.97 Å². The second-order valence-corrected chi connectivity index (χ2v) is 6.66. The maximum Gasteiger partial charge on any atom is 0.335 e. The van der Waals surface area contributed by atoms with Crippen LogP contribution in [-0.2, 0) is 23.3 Å². The third-order valence-corrected chi connectivity index (χ3v) is 4.95. The van der Waals surface area contributed by atoms with Gasteiger partial charge in [0.05, 0.1) is 5.56 Å². The minimum Gasteiger partial charge on any atom is -0.478 e. The summed E-state index contributed by atoms with van der Waals surface area (Å²) in [6.07, 6.45) is 1.78. The smallest absolute Gasteiger partial charge is 0.335 e. The number of nitrogens with zero attached hydrogens (tertiary/aromatic N) is 1. The van der Waals surface area contributed by atoms with Crippen molar-refractivity contribution in [3.8, 4) is 0 Å². The molecule has 1 aliphatic carbocycles. The highest BCUT2D eigenvalue weighted by molar-refractivity contribution is 7.87. The van der Waals surface area contributed by atoms with Crippen molar-refractivity contribution in [2.75, 3.05) is 0 Å². The van der Waals surface area contributed by atoms with Crippen LogP contribution < -0.4 is 4.72 Å². The Balaban J connectivity index is 1.81. The van der Waals surface area contributed by atoms with E-state index in [0.29, 0.717) is 6.54 Å². The molecule has 2 N–H and O–H groups in total. The molecule has 0 unspecified atom stereocenters. The lowest BCUT2D eigenvalue weighted by molar-refractivity contribution is 0.0696. The molecule has 3 rings (SSSR count). The van der Waals surface area contributed by atoms with Crippen LogP contribution in [-0.4, -0.2) is 29.8 Å². The fourth-order valence-electron chi connectivity index (χ4n) is 2.15. The zero-order valence-electron chi connectivity index (χ0n) is 10.2. The van der Waals surface area contributed by atoms with Gasteiger partial charge in [-0.2, -0.15) is 17.4 Å². The highest BCUT2D eigenvalue weighted by atomic mass is 32.2. The molecule has 1 heterocycles. The summed E-state index contributed by atoms with van der Waals surface area (Å²) < 4.78 is 28.1. The number of carbonyl (C=O) groups is 1. The molecule has 0 spiro atoms. The molecule has 1 aromatic rings. The zero-order chi connectivity index (χ0) is 13.6. The number of nitrogens with one attached hydrogen (secondary N) is 1. The van der Waals surface area contributed by atoms with Crippen molar-refractivity contribution < 1.29 is 18.3 Å². The predicted octanol–water partition coefficient (Wildman–Crippen LogP) is 0.697. The molecule has 1 aromatic carbocycles. The third kappa shape index (κ3) is 2.49. The summed E-state index contributed by atoms with van der Waals surface area (Å²) in [5.74, 6) is -1.000. The Bertz CT molecular complexity index is 637. The minimum absolute atomic E-state index is 0.0725. The average molecular weight is 282 g/mol. The SMILES string of the molecule is O=C(O)c1ccc2c(c1)CN(S(=O)(=O)NC1CC1)C2. The van der Waals surface area contributed by atoms with Crippen LogP contribution in [0, 0.1) is 0 Å². The number of rotatable bonds is 4. The molecule has 6 nitrogen and oxygen atoms in total. The van der Waals surface area contributed by atoms with E-state index in [1.54, 1.807) is 12.1 Å². The summed E-state index contributed by atoms with van der Waals surface area (Å²) in [5.41, 5.74) is 1.82. The van der Waals surface area contributed by atoms with Gasteiger partial charge in [0, 0.05) is 19.1 Å². The standard InChI is InChI=1S/C12H14N2O4S/c15-12(16)8-1-2-9-6-14(7-10(9)5-8)19(17,18)13-11-3-4-11/h1-2,5,11,13H,3-4,6-7H2,(H,15,16). The molecule has 102 valence electrons. The number of hydrogen-bond donors (Lipinski definition) is 2. The van der Waals surface area contributed by atoms with Crippen molar-refractivity contribution in [2.45, 2.75) is 32.0 Å². The highest BCUT2D eigenvalue weighted by Gasteiger charge is 2.34. The molecule has 0 atom stereocenters. The monoisotopic (exact) mass is 282 g/mol. The van der Waals surface area contributed by atoms with E-state index in [-0.39, 0.29) is 18.2 Å². The van der Waals surface area contributed by atoms with Gasteiger partial charge in [0.25, 0.3) is 10.2 Å². The van der Waals surface area contributed by atoms with Crippen LogP contribution in [0.25, 0.3) is 0 Å². The Morgan fingerprint density at radius 2 is 1.95 bits per heavy atom. The number of fused-ring (bicyclic) bond motifs is 1. The number of carboxylic acids is 1. The van der Waals surface area contributed by atoms with Crippen molar-refractivity contribution in [2.24, 2.45) is 0 Å². The van der Waals surface area contributed by atoms with Gasteiger partial charge in [0.15, 0.2) is 0 Å². The Morgan fingerprint density at radius 3 is 2.58 bits per heavy atom. The van der Waals surface area contributed by atoms with Gasteiger partial charge in [0.2, 0.25) is 0 Å². The summed E-state index contributed by atoms with van der Waals surface area (Å²) in [6.45, 7) is 0.537. The van der Waals surface area contributed by atoms with Crippen LogP contribution in [0.3, 0.4) is 0 Å². The summed E-state index contributed by atoms with van der Waals surface area (Å²) in [7, 11) is -3.46. The quantitative estimate of drug-likeness (QED) is 0.851. The molecular formula is C12H14N2O4S. The van der Waals surface area contributed by atoms with E-state index in [2.05, 4.69) is 4.72 Å². The molecule has 7 heteroatoms. The maximum atomic E-state index is 12.1. The van der Waals surface area contributed by atoms with Crippen LogP contribution >= 0.6 is 0 Å². The fourth-order valence-corrected chi connectivity index (χ4v) is 3.58. The number of aromatic carboxylic acids is 1. The lowest BCUT2D eigenvalue weighted by Gasteiger charge is -2.15. The Hall–Kier alpha value is -1.44. The van der Waals surface area contributed by atoms with Crippen molar-refractivity contribution in [3.63, 3.8) is 0 Å². The Labute approximate surface area is 111 Å². The summed E-state index contributed by atoms with van der Waals surface area (Å²) in [6, 6.07) is 4.81. The normalized spacial score (nSPS) is 19.4. The van der Waals surface area contributed by atoms with E-state index in [9.17, 15) is 13.2 Å². The first-order valence-corrected chi connectivity index (χ1v) is 7.52. The number of hydrogen-bond acceptors (Lipinski definition) is 3. The summed E-state index contributed by atoms with van der Waals surface area (Å²) in [4.78, 5) is 10.9. The first-order chi connectivity index (χ1) is 8.95. The largest absolute Gasteiger partial charge is 0.478 e. The second kappa shape index (κ2) is 4.29. The first-order valence-electron chi connectivity index (χ1n) is 6.08. The van der Waals surface area contributed by atoms with Crippen LogP contribution in [0.15, 0.2) is 18.2 Å². The van der Waals surface area contributed by atoms with Crippen molar-refractivity contribution >= 4 is 16.2 Å². The van der Waals surface area contributed by atoms with E-state index >= 15 is 0 Å². The number of benzene rings is 1. The Kier molecular flexibility index (Phi) is 2.84. The first kappa shape index (κ1) is 12.6. The average Bonchev–Trinajstić information content (AvgIpc) is 3.03. The van der Waals surface area contributed by atoms with Gasteiger partial charge < -0.3 is 5.11 Å². The van der Waals surface area contributed by atoms with Gasteiger partial charge in [0.1, 0.15) is 0 Å². The van der Waals surface area contributed by atoms with Gasteiger partial charge in [-0.25, -0.2) is 4.79 Å². The van der Waals surface area contributed by atoms with Crippen LogP contribution in [0.5, 0.6) is 0 Å². The van der Waals surface area contributed by atoms with E-state index in [4.69, 9.17) is 5.11 Å². The van der Waals surface area contributed by atoms with Gasteiger partial charge in [-0.3, -0.25) is 0 Å². The lowest BCUT2D eigenvalue weighted by Crippen LogP contribution is -2.38. The van der Waals surface area contributed by atoms with Gasteiger partial charge in [-0.05, 0) is 36.1 Å². The molecule has 0 amide bonds. The van der Waals surface area contributed by atoms with Crippen LogP contribution in [0.2, 0.25) is 0 Å². The van der Waals surface area contributed by atoms with E-state index < -0.39 is 16.2 Å². The molecular weight excluding hydrogens is 268 g/mol. The molecule has 0 bridgehead atoms. The molecule has 0 radical (unpaired) electrons. The fraction of sp³-hybridized carbons (Fsp3) is 0.417. The summed E-state index contributed by atoms with van der Waals surface area (Å²) >= 11 is 0. The predicted molar refractivity (Wildman–Crippen MR) is 67.7 cm³/mol. The molecule has 19 heavy (non-hydrogen) atoms. The van der Waals surface area contributed by atoms with Crippen molar-refractivity contribution in [3.05, 3.63) is 34.9 Å². The van der Waals surface area contributed by atoms with Crippen LogP contribution in [0.1, 0.15) is 34.3 Å². The van der Waals surface area contributed by atoms with E-state index in [0.717, 1.165) is 24.0 Å². The lowest BCUT2D eigenvalue weighted by atomic mass is 10.1. The highest BCUT2D eigenvalue weighted by Crippen LogP contribution is 2.27. The van der Waals surface area contributed by atoms with Gasteiger partial charge in [-0.15, -0.1) is 0 Å². The van der Waals surface area contributed by atoms with Gasteiger partial charge in [-0.1, -0.05) is 6.07 Å². The molecule has 1 saturated carbocycles. The van der Waals surface area contributed by atoms with Crippen LogP contribution in [0.4, 0.5) is 0 Å². The molecule has 0 saturated heterocycles. The van der Waals surface area contributed by atoms with Crippen molar-refractivity contribution in [1.82, 2.24) is 9.03 Å². The molecule has 2 aliphatic rings. The number of carboxylic acid groups (broad SMARTS) is 1. The Morgan fingerprint density at radius 1 is 1.26 bits per heavy atom. The molecule has 1 aliphatic heterocycles. The maximum absolute atomic E-state index is 12.1. The topological polar surface area (TPSA) is 86.7 Å². The zero-order valence-corrected chi connectivity index (χ0v) is 11.0. The van der Waals surface area contributed by atoms with E-state index in [1.807, 2.05) is 0 Å². The van der Waals surface area contributed by atoms with E-state index in [1.165, 1.54) is 10.4 Å². The molecule has 1 fully saturated rings. The second-order valence-electron chi connectivity index (χ2n) is 4.95. The summed E-state index contributed by atoms with van der Waals surface area (Å²) in [5, 5.41) is 8.92. The van der Waals surface area contributed by atoms with Crippen molar-refractivity contribution in [1.29, 1.82) is 0 Å². The molecule has 0 aromatic heterocycles.